The third kappa shape index (κ3) is 2.99. The van der Waals surface area contributed by atoms with Gasteiger partial charge in [-0.2, -0.15) is 0 Å². The fraction of sp³-hybridized carbons (Fsp3) is 0.0909. The molecule has 0 atom stereocenters. The summed E-state index contributed by atoms with van der Waals surface area (Å²) < 4.78 is 57.1. The molecule has 1 heterocycles. The van der Waals surface area contributed by atoms with Gasteiger partial charge in [0.05, 0.1) is 25.2 Å². The third-order valence-electron chi connectivity index (χ3n) is 2.25. The molecule has 6 nitrogen and oxygen atoms in total. The molecular formula is C11H9F2N3O3S. The topological polar surface area (TPSA) is 81.2 Å². The van der Waals surface area contributed by atoms with Crippen LogP contribution in [0.15, 0.2) is 35.5 Å². The van der Waals surface area contributed by atoms with Crippen molar-refractivity contribution in [3.63, 3.8) is 0 Å². The van der Waals surface area contributed by atoms with E-state index in [1.165, 1.54) is 7.11 Å². The summed E-state index contributed by atoms with van der Waals surface area (Å²) in [5.41, 5.74) is -0.00513. The minimum atomic E-state index is -4.27. The highest BCUT2D eigenvalue weighted by atomic mass is 32.2. The van der Waals surface area contributed by atoms with Gasteiger partial charge < -0.3 is 4.74 Å². The first-order valence-electron chi connectivity index (χ1n) is 5.26. The Hall–Kier alpha value is -2.29. The van der Waals surface area contributed by atoms with Crippen molar-refractivity contribution in [2.45, 2.75) is 4.90 Å². The molecule has 2 rings (SSSR count). The van der Waals surface area contributed by atoms with Crippen molar-refractivity contribution >= 4 is 15.7 Å². The molecule has 1 N–H and O–H groups in total. The number of hydrogen-bond donors (Lipinski definition) is 1. The van der Waals surface area contributed by atoms with Gasteiger partial charge in [0, 0.05) is 0 Å². The largest absolute Gasteiger partial charge is 0.467 e. The Morgan fingerprint density at radius 2 is 1.85 bits per heavy atom. The van der Waals surface area contributed by atoms with Crippen LogP contribution >= 0.6 is 0 Å². The number of ether oxygens (including phenoxy) is 1. The molecule has 0 aliphatic rings. The van der Waals surface area contributed by atoms with E-state index in [9.17, 15) is 17.2 Å². The minimum Gasteiger partial charge on any atom is -0.467 e. The zero-order valence-corrected chi connectivity index (χ0v) is 11.0. The molecule has 1 aromatic carbocycles. The lowest BCUT2D eigenvalue weighted by Crippen LogP contribution is -2.15. The van der Waals surface area contributed by atoms with Crippen LogP contribution in [0.1, 0.15) is 0 Å². The molecule has 9 heteroatoms. The summed E-state index contributed by atoms with van der Waals surface area (Å²) >= 11 is 0. The van der Waals surface area contributed by atoms with Gasteiger partial charge in [-0.1, -0.05) is 0 Å². The molecular weight excluding hydrogens is 292 g/mol. The van der Waals surface area contributed by atoms with Gasteiger partial charge in [-0.25, -0.2) is 27.2 Å². The monoisotopic (exact) mass is 301 g/mol. The van der Waals surface area contributed by atoms with Crippen LogP contribution in [-0.2, 0) is 10.0 Å². The first kappa shape index (κ1) is 14.1. The van der Waals surface area contributed by atoms with Crippen molar-refractivity contribution in [1.29, 1.82) is 0 Å². The molecule has 0 aliphatic carbocycles. The lowest BCUT2D eigenvalue weighted by molar-refractivity contribution is 0.380. The maximum absolute atomic E-state index is 13.4. The van der Waals surface area contributed by atoms with Crippen LogP contribution < -0.4 is 9.46 Å². The molecule has 0 bridgehead atoms. The number of nitrogens with one attached hydrogen (secondary N) is 1. The van der Waals surface area contributed by atoms with Crippen LogP contribution in [0.25, 0.3) is 0 Å². The Labute approximate surface area is 113 Å². The highest BCUT2D eigenvalue weighted by Crippen LogP contribution is 2.19. The number of aromatic nitrogens is 2. The molecule has 0 saturated heterocycles. The molecule has 0 radical (unpaired) electrons. The molecule has 0 aliphatic heterocycles. The van der Waals surface area contributed by atoms with Gasteiger partial charge >= 0.3 is 6.01 Å². The number of hydrogen-bond acceptors (Lipinski definition) is 5. The van der Waals surface area contributed by atoms with Gasteiger partial charge in [-0.05, 0) is 18.2 Å². The first-order valence-corrected chi connectivity index (χ1v) is 6.74. The molecule has 2 aromatic rings. The Kier molecular flexibility index (Phi) is 3.79. The summed E-state index contributed by atoms with van der Waals surface area (Å²) in [4.78, 5) is 6.58. The zero-order chi connectivity index (χ0) is 14.8. The van der Waals surface area contributed by atoms with Gasteiger partial charge in [0.25, 0.3) is 10.0 Å². The summed E-state index contributed by atoms with van der Waals surface area (Å²) in [6.45, 7) is 0. The van der Waals surface area contributed by atoms with Crippen LogP contribution in [0, 0.1) is 11.6 Å². The lowest BCUT2D eigenvalue weighted by Gasteiger charge is -2.08. The third-order valence-corrected chi connectivity index (χ3v) is 3.64. The van der Waals surface area contributed by atoms with Gasteiger partial charge in [0.2, 0.25) is 0 Å². The maximum Gasteiger partial charge on any atom is 0.316 e. The van der Waals surface area contributed by atoms with Crippen molar-refractivity contribution in [3.8, 4) is 6.01 Å². The summed E-state index contributed by atoms with van der Waals surface area (Å²) in [5, 5.41) is 0. The van der Waals surface area contributed by atoms with Crippen molar-refractivity contribution in [2.75, 3.05) is 11.8 Å². The molecule has 0 fully saturated rings. The standard InChI is InChI=1S/C11H9F2N3O3S/c1-19-11-14-5-8(6-15-11)16-20(17,18)10-4-7(12)2-3-9(10)13/h2-6,16H,1H3. The Balaban J connectivity index is 2.32. The molecule has 0 amide bonds. The zero-order valence-electron chi connectivity index (χ0n) is 10.2. The lowest BCUT2D eigenvalue weighted by atomic mass is 10.3. The van der Waals surface area contributed by atoms with E-state index in [2.05, 4.69) is 9.97 Å². The van der Waals surface area contributed by atoms with E-state index in [1.54, 1.807) is 0 Å². The summed E-state index contributed by atoms with van der Waals surface area (Å²) in [5.74, 6) is -1.92. The molecule has 0 saturated carbocycles. The molecule has 0 unspecified atom stereocenters. The van der Waals surface area contributed by atoms with Crippen molar-refractivity contribution < 1.29 is 21.9 Å². The molecule has 1 aromatic heterocycles. The van der Waals surface area contributed by atoms with E-state index in [0.29, 0.717) is 6.07 Å². The van der Waals surface area contributed by atoms with Crippen LogP contribution in [-0.4, -0.2) is 25.5 Å². The minimum absolute atomic E-state index is 0.00513. The SMILES string of the molecule is COc1ncc(NS(=O)(=O)c2cc(F)ccc2F)cn1. The predicted molar refractivity (Wildman–Crippen MR) is 65.8 cm³/mol. The van der Waals surface area contributed by atoms with Gasteiger partial charge in [-0.15, -0.1) is 0 Å². The molecule has 0 spiro atoms. The highest BCUT2D eigenvalue weighted by molar-refractivity contribution is 7.92. The van der Waals surface area contributed by atoms with Crippen LogP contribution in [0.4, 0.5) is 14.5 Å². The van der Waals surface area contributed by atoms with Crippen molar-refractivity contribution in [2.24, 2.45) is 0 Å². The van der Waals surface area contributed by atoms with E-state index >= 15 is 0 Å². The van der Waals surface area contributed by atoms with E-state index in [-0.39, 0.29) is 11.7 Å². The quantitative estimate of drug-likeness (QED) is 0.927. The fourth-order valence-corrected chi connectivity index (χ4v) is 2.49. The van der Waals surface area contributed by atoms with Gasteiger partial charge in [-0.3, -0.25) is 4.72 Å². The average Bonchev–Trinajstić information content (AvgIpc) is 2.42. The van der Waals surface area contributed by atoms with E-state index < -0.39 is 26.6 Å². The highest BCUT2D eigenvalue weighted by Gasteiger charge is 2.20. The average molecular weight is 301 g/mol. The van der Waals surface area contributed by atoms with E-state index in [4.69, 9.17) is 4.74 Å². The summed E-state index contributed by atoms with van der Waals surface area (Å²) in [6, 6.07) is 2.19. The van der Waals surface area contributed by atoms with E-state index in [1.807, 2.05) is 4.72 Å². The van der Waals surface area contributed by atoms with Gasteiger partial charge in [0.1, 0.15) is 16.5 Å². The summed E-state index contributed by atoms with van der Waals surface area (Å²) in [7, 11) is -2.92. The second kappa shape index (κ2) is 5.37. The molecule has 106 valence electrons. The smallest absolute Gasteiger partial charge is 0.316 e. The Bertz CT molecular complexity index is 720. The van der Waals surface area contributed by atoms with Gasteiger partial charge in [0.15, 0.2) is 0 Å². The van der Waals surface area contributed by atoms with Crippen LogP contribution in [0.5, 0.6) is 6.01 Å². The fourth-order valence-electron chi connectivity index (χ4n) is 1.37. The summed E-state index contributed by atoms with van der Waals surface area (Å²) in [6.07, 6.45) is 2.28. The predicted octanol–water partition coefficient (Wildman–Crippen LogP) is 1.56. The second-order valence-electron chi connectivity index (χ2n) is 3.64. The number of sulfonamides is 1. The van der Waals surface area contributed by atoms with E-state index in [0.717, 1.165) is 24.5 Å². The van der Waals surface area contributed by atoms with Crippen LogP contribution in [0.3, 0.4) is 0 Å². The Morgan fingerprint density at radius 1 is 1.20 bits per heavy atom. The number of anilines is 1. The maximum atomic E-state index is 13.4. The van der Waals surface area contributed by atoms with Crippen LogP contribution in [0.2, 0.25) is 0 Å². The first-order chi connectivity index (χ1) is 9.42. The number of rotatable bonds is 4. The number of benzene rings is 1. The normalized spacial score (nSPS) is 11.2. The number of nitrogens with zero attached hydrogens (tertiary/aromatic N) is 2. The number of halogens is 2. The van der Waals surface area contributed by atoms with Crippen molar-refractivity contribution in [1.82, 2.24) is 9.97 Å². The number of methoxy groups -OCH3 is 1. The Morgan fingerprint density at radius 3 is 2.45 bits per heavy atom. The second-order valence-corrected chi connectivity index (χ2v) is 5.29. The molecule has 20 heavy (non-hydrogen) atoms. The van der Waals surface area contributed by atoms with Crippen molar-refractivity contribution in [3.05, 3.63) is 42.2 Å².